The fourth-order valence-electron chi connectivity index (χ4n) is 2.27. The number of unbranched alkanes of at least 4 members (excludes halogenated alkanes) is 3. The molecule has 152 valence electrons. The zero-order valence-electron chi connectivity index (χ0n) is 16.6. The summed E-state index contributed by atoms with van der Waals surface area (Å²) in [7, 11) is 2.84. The Kier molecular flexibility index (Phi) is 13.9. The summed E-state index contributed by atoms with van der Waals surface area (Å²) in [5.41, 5.74) is 0.345. The highest BCUT2D eigenvalue weighted by atomic mass is 35.5. The van der Waals surface area contributed by atoms with Crippen LogP contribution in [0.25, 0.3) is 0 Å². The Balaban J connectivity index is 0.00000326. The highest BCUT2D eigenvalue weighted by Gasteiger charge is 2.14. The number of nitrogens with one attached hydrogen (secondary N) is 1. The van der Waals surface area contributed by atoms with Crippen LogP contribution in [0.3, 0.4) is 0 Å². The minimum Gasteiger partial charge on any atom is -0.496 e. The van der Waals surface area contributed by atoms with E-state index >= 15 is 0 Å². The number of carbonyl (C=O) groups excluding carboxylic acids is 3. The fraction of sp³-hybridized carbons (Fsp3) is 0.550. The van der Waals surface area contributed by atoms with E-state index in [1.54, 1.807) is 12.1 Å². The van der Waals surface area contributed by atoms with E-state index in [9.17, 15) is 14.4 Å². The number of carbonyl (C=O) groups is 3. The molecule has 0 saturated heterocycles. The van der Waals surface area contributed by atoms with Gasteiger partial charge in [-0.15, -0.1) is 0 Å². The van der Waals surface area contributed by atoms with E-state index < -0.39 is 0 Å². The molecule has 0 aliphatic carbocycles. The van der Waals surface area contributed by atoms with E-state index in [0.29, 0.717) is 35.6 Å². The van der Waals surface area contributed by atoms with Crippen LogP contribution in [0.15, 0.2) is 18.2 Å². The Hall–Kier alpha value is -2.08. The Morgan fingerprint density at radius 3 is 2.22 bits per heavy atom. The lowest BCUT2D eigenvalue weighted by atomic mass is 10.1. The van der Waals surface area contributed by atoms with Crippen molar-refractivity contribution in [1.82, 2.24) is 5.32 Å². The van der Waals surface area contributed by atoms with Crippen LogP contribution in [-0.2, 0) is 14.3 Å². The predicted molar refractivity (Wildman–Crippen MR) is 106 cm³/mol. The maximum absolute atomic E-state index is 12.2. The van der Waals surface area contributed by atoms with E-state index in [0.717, 1.165) is 19.3 Å². The summed E-state index contributed by atoms with van der Waals surface area (Å²) in [4.78, 5) is 34.9. The average molecular weight is 400 g/mol. The van der Waals surface area contributed by atoms with Gasteiger partial charge in [0.25, 0.3) is 0 Å². The predicted octanol–water partition coefficient (Wildman–Crippen LogP) is 4.19. The van der Waals surface area contributed by atoms with E-state index in [1.165, 1.54) is 20.3 Å². The van der Waals surface area contributed by atoms with Crippen LogP contribution in [-0.4, -0.2) is 38.4 Å². The molecule has 0 aliphatic heterocycles. The molecule has 0 atom stereocenters. The Bertz CT molecular complexity index is 604. The average Bonchev–Trinajstić information content (AvgIpc) is 2.69. The largest absolute Gasteiger partial charge is 0.496 e. The normalized spacial score (nSPS) is 9.67. The molecule has 0 aliphatic rings. The zero-order valence-corrected chi connectivity index (χ0v) is 17.4. The molecule has 0 saturated carbocycles. The highest BCUT2D eigenvalue weighted by molar-refractivity contribution is 6.31. The van der Waals surface area contributed by atoms with Gasteiger partial charge >= 0.3 is 5.97 Å². The van der Waals surface area contributed by atoms with Crippen molar-refractivity contribution >= 4 is 29.3 Å². The first-order valence-corrected chi connectivity index (χ1v) is 9.56. The second kappa shape index (κ2) is 15.0. The Morgan fingerprint density at radius 2 is 1.63 bits per heavy atom. The monoisotopic (exact) mass is 399 g/mol. The number of ether oxygens (including phenoxy) is 2. The summed E-state index contributed by atoms with van der Waals surface area (Å²) in [5.74, 6) is -0.227. The second-order valence-electron chi connectivity index (χ2n) is 5.53. The number of halogens is 1. The Labute approximate surface area is 166 Å². The van der Waals surface area contributed by atoms with Gasteiger partial charge in [0.15, 0.2) is 5.78 Å². The first-order valence-electron chi connectivity index (χ1n) is 9.18. The molecule has 27 heavy (non-hydrogen) atoms. The maximum atomic E-state index is 12.2. The van der Waals surface area contributed by atoms with Crippen molar-refractivity contribution in [2.45, 2.75) is 52.4 Å². The van der Waals surface area contributed by atoms with E-state index in [4.69, 9.17) is 16.3 Å². The van der Waals surface area contributed by atoms with Crippen molar-refractivity contribution in [2.24, 2.45) is 0 Å². The van der Waals surface area contributed by atoms with Crippen LogP contribution in [0.5, 0.6) is 5.75 Å². The van der Waals surface area contributed by atoms with Crippen molar-refractivity contribution in [3.8, 4) is 5.75 Å². The van der Waals surface area contributed by atoms with Gasteiger partial charge in [0.2, 0.25) is 5.91 Å². The van der Waals surface area contributed by atoms with Crippen LogP contribution in [0.1, 0.15) is 62.7 Å². The summed E-state index contributed by atoms with van der Waals surface area (Å²) in [6.07, 6.45) is 3.92. The number of amides is 1. The van der Waals surface area contributed by atoms with Crippen LogP contribution >= 0.6 is 11.6 Å². The quantitative estimate of drug-likeness (QED) is 0.343. The third kappa shape index (κ3) is 10.6. The van der Waals surface area contributed by atoms with Crippen LogP contribution in [0.2, 0.25) is 5.02 Å². The molecule has 1 rings (SSSR count). The molecule has 0 unspecified atom stereocenters. The minimum atomic E-state index is -0.259. The molecule has 1 aromatic carbocycles. The summed E-state index contributed by atoms with van der Waals surface area (Å²) in [6, 6.07) is 4.78. The van der Waals surface area contributed by atoms with Crippen LogP contribution < -0.4 is 10.1 Å². The fourth-order valence-corrected chi connectivity index (χ4v) is 2.44. The van der Waals surface area contributed by atoms with Crippen molar-refractivity contribution in [1.29, 1.82) is 0 Å². The van der Waals surface area contributed by atoms with Crippen molar-refractivity contribution in [3.05, 3.63) is 28.8 Å². The van der Waals surface area contributed by atoms with Gasteiger partial charge < -0.3 is 14.8 Å². The second-order valence-corrected chi connectivity index (χ2v) is 5.97. The van der Waals surface area contributed by atoms with Crippen molar-refractivity contribution in [2.75, 3.05) is 20.8 Å². The SMILES string of the molecule is CC.COC(=O)CCCCCCC(=O)NCC(=O)c1cc(Cl)ccc1OC. The van der Waals surface area contributed by atoms with Crippen molar-refractivity contribution < 1.29 is 23.9 Å². The number of hydrogen-bond acceptors (Lipinski definition) is 5. The van der Waals surface area contributed by atoms with Crippen LogP contribution in [0, 0.1) is 0 Å². The molecule has 1 aromatic rings. The van der Waals surface area contributed by atoms with E-state index in [2.05, 4.69) is 10.1 Å². The molecular formula is C20H30ClNO5. The first-order chi connectivity index (χ1) is 13.0. The number of ketones is 1. The number of hydrogen-bond donors (Lipinski definition) is 1. The summed E-state index contributed by atoms with van der Waals surface area (Å²) in [6.45, 7) is 3.90. The van der Waals surface area contributed by atoms with Gasteiger partial charge in [-0.25, -0.2) is 0 Å². The molecule has 0 fully saturated rings. The molecule has 1 N–H and O–H groups in total. The molecular weight excluding hydrogens is 370 g/mol. The van der Waals surface area contributed by atoms with Gasteiger partial charge in [0.05, 0.1) is 26.3 Å². The number of methoxy groups -OCH3 is 2. The summed E-state index contributed by atoms with van der Waals surface area (Å²) < 4.78 is 9.69. The highest BCUT2D eigenvalue weighted by Crippen LogP contribution is 2.22. The number of Topliss-reactive ketones (excluding diaryl/α,β-unsaturated/α-hetero) is 1. The summed E-state index contributed by atoms with van der Waals surface area (Å²) >= 11 is 5.90. The number of rotatable bonds is 11. The van der Waals surface area contributed by atoms with Gasteiger partial charge in [-0.1, -0.05) is 38.3 Å². The molecule has 7 heteroatoms. The van der Waals surface area contributed by atoms with Crippen molar-refractivity contribution in [3.63, 3.8) is 0 Å². The van der Waals surface area contributed by atoms with E-state index in [-0.39, 0.29) is 24.2 Å². The molecule has 0 bridgehead atoms. The van der Waals surface area contributed by atoms with Gasteiger partial charge in [-0.05, 0) is 31.0 Å². The van der Waals surface area contributed by atoms with Gasteiger partial charge in [0.1, 0.15) is 5.75 Å². The zero-order chi connectivity index (χ0) is 20.7. The smallest absolute Gasteiger partial charge is 0.305 e. The molecule has 1 amide bonds. The third-order valence-corrected chi connectivity index (χ3v) is 3.91. The molecule has 0 radical (unpaired) electrons. The van der Waals surface area contributed by atoms with Gasteiger partial charge in [-0.2, -0.15) is 0 Å². The first kappa shape index (κ1) is 24.9. The lowest BCUT2D eigenvalue weighted by Crippen LogP contribution is -2.29. The third-order valence-electron chi connectivity index (χ3n) is 3.67. The lowest BCUT2D eigenvalue weighted by molar-refractivity contribution is -0.140. The van der Waals surface area contributed by atoms with E-state index in [1.807, 2.05) is 13.8 Å². The van der Waals surface area contributed by atoms with Gasteiger partial charge in [0, 0.05) is 17.9 Å². The topological polar surface area (TPSA) is 81.7 Å². The standard InChI is InChI=1S/C18H24ClNO5.C2H6/c1-24-16-10-9-13(19)11-14(16)15(21)12-20-17(22)7-5-3-4-6-8-18(23)25-2;1-2/h9-11H,3-8,12H2,1-2H3,(H,20,22);1-2H3. The van der Waals surface area contributed by atoms with Crippen LogP contribution in [0.4, 0.5) is 0 Å². The number of esters is 1. The molecule has 0 heterocycles. The molecule has 0 spiro atoms. The minimum absolute atomic E-state index is 0.0993. The molecule has 6 nitrogen and oxygen atoms in total. The summed E-state index contributed by atoms with van der Waals surface area (Å²) in [5, 5.41) is 3.04. The lowest BCUT2D eigenvalue weighted by Gasteiger charge is -2.09. The van der Waals surface area contributed by atoms with Gasteiger partial charge in [-0.3, -0.25) is 14.4 Å². The number of benzene rings is 1. The molecule has 0 aromatic heterocycles. The Morgan fingerprint density at radius 1 is 1.00 bits per heavy atom. The maximum Gasteiger partial charge on any atom is 0.305 e.